The van der Waals surface area contributed by atoms with Gasteiger partial charge in [0.15, 0.2) is 0 Å². The lowest BCUT2D eigenvalue weighted by molar-refractivity contribution is -0.154. The number of aliphatic hydroxyl groups is 5. The van der Waals surface area contributed by atoms with Gasteiger partial charge in [-0.15, -0.1) is 0 Å². The Morgan fingerprint density at radius 2 is 1.50 bits per heavy atom. The Hall–Kier alpha value is -1.19. The highest BCUT2D eigenvalue weighted by Crippen LogP contribution is 2.07. The zero-order valence-corrected chi connectivity index (χ0v) is 9.68. The van der Waals surface area contributed by atoms with Crippen LogP contribution in [0.1, 0.15) is 13.3 Å². The van der Waals surface area contributed by atoms with E-state index in [0.717, 1.165) is 6.92 Å². The molecule has 0 aliphatic rings. The molecule has 0 radical (unpaired) electrons. The van der Waals surface area contributed by atoms with Crippen molar-refractivity contribution in [3.8, 4) is 0 Å². The molecule has 0 amide bonds. The van der Waals surface area contributed by atoms with Crippen LogP contribution in [0.5, 0.6) is 0 Å². The predicted molar refractivity (Wildman–Crippen MR) is 56.4 cm³/mol. The van der Waals surface area contributed by atoms with E-state index < -0.39 is 54.8 Å². The number of carbonyl (C=O) groups is 3. The molecule has 0 bridgehead atoms. The minimum atomic E-state index is -2.27. The average molecular weight is 264 g/mol. The van der Waals surface area contributed by atoms with E-state index in [2.05, 4.69) is 0 Å². The Labute approximate surface area is 102 Å². The van der Waals surface area contributed by atoms with Crippen molar-refractivity contribution in [1.29, 1.82) is 0 Å². The normalized spacial score (nSPS) is 17.7. The summed E-state index contributed by atoms with van der Waals surface area (Å²) in [6, 6.07) is 0. The molecule has 4 unspecified atom stereocenters. The van der Waals surface area contributed by atoms with E-state index in [-0.39, 0.29) is 0 Å². The molecule has 0 spiro atoms. The monoisotopic (exact) mass is 264 g/mol. The molecule has 0 saturated heterocycles. The van der Waals surface area contributed by atoms with Crippen molar-refractivity contribution in [3.05, 3.63) is 0 Å². The van der Waals surface area contributed by atoms with E-state index in [0.29, 0.717) is 0 Å². The summed E-state index contributed by atoms with van der Waals surface area (Å²) in [5, 5.41) is 45.3. The summed E-state index contributed by atoms with van der Waals surface area (Å²) in [7, 11) is 0. The van der Waals surface area contributed by atoms with E-state index in [9.17, 15) is 29.7 Å². The second kappa shape index (κ2) is 7.29. The number of Topliss-reactive ketones (excluding diaryl/α,β-unsaturated/α-hetero) is 3. The van der Waals surface area contributed by atoms with Gasteiger partial charge in [0.25, 0.3) is 0 Å². The first-order valence-electron chi connectivity index (χ1n) is 5.12. The third kappa shape index (κ3) is 4.59. The maximum absolute atomic E-state index is 11.3. The van der Waals surface area contributed by atoms with Gasteiger partial charge in [-0.3, -0.25) is 14.4 Å². The number of aliphatic hydroxyl groups excluding tert-OH is 5. The Morgan fingerprint density at radius 1 is 1.00 bits per heavy atom. The van der Waals surface area contributed by atoms with Gasteiger partial charge in [-0.1, -0.05) is 0 Å². The number of carbonyl (C=O) groups excluding carboxylic acids is 3. The molecule has 0 aromatic rings. The highest BCUT2D eigenvalue weighted by Gasteiger charge is 2.36. The number of hydrogen-bond donors (Lipinski definition) is 5. The second-order valence-corrected chi connectivity index (χ2v) is 3.84. The van der Waals surface area contributed by atoms with Crippen LogP contribution in [0.15, 0.2) is 0 Å². The molecule has 0 aromatic heterocycles. The van der Waals surface area contributed by atoms with Crippen molar-refractivity contribution in [2.45, 2.75) is 37.8 Å². The van der Waals surface area contributed by atoms with Gasteiger partial charge in [0.2, 0.25) is 11.6 Å². The van der Waals surface area contributed by atoms with E-state index >= 15 is 0 Å². The zero-order valence-electron chi connectivity index (χ0n) is 9.68. The topological polar surface area (TPSA) is 152 Å². The van der Waals surface area contributed by atoms with Crippen LogP contribution in [0, 0.1) is 0 Å². The summed E-state index contributed by atoms with van der Waals surface area (Å²) in [6.07, 6.45) is -8.91. The largest absolute Gasteiger partial charge is 0.394 e. The summed E-state index contributed by atoms with van der Waals surface area (Å²) in [5.41, 5.74) is 0. The van der Waals surface area contributed by atoms with Crippen LogP contribution in [0.25, 0.3) is 0 Å². The molecule has 104 valence electrons. The molecule has 0 heterocycles. The molecule has 8 nitrogen and oxygen atoms in total. The smallest absolute Gasteiger partial charge is 0.229 e. The minimum absolute atomic E-state index is 0.592. The van der Waals surface area contributed by atoms with Crippen molar-refractivity contribution in [3.63, 3.8) is 0 Å². The first-order chi connectivity index (χ1) is 8.22. The van der Waals surface area contributed by atoms with Gasteiger partial charge in [0.1, 0.15) is 30.2 Å². The van der Waals surface area contributed by atoms with Gasteiger partial charge in [-0.2, -0.15) is 0 Å². The van der Waals surface area contributed by atoms with E-state index in [1.807, 2.05) is 0 Å². The predicted octanol–water partition coefficient (Wildman–Crippen LogP) is -3.46. The number of ketones is 3. The highest BCUT2D eigenvalue weighted by molar-refractivity contribution is 6.41. The molecular weight excluding hydrogens is 248 g/mol. The quantitative estimate of drug-likeness (QED) is 0.224. The Kier molecular flexibility index (Phi) is 6.81. The Morgan fingerprint density at radius 3 is 1.89 bits per heavy atom. The lowest BCUT2D eigenvalue weighted by Crippen LogP contribution is -2.50. The van der Waals surface area contributed by atoms with Gasteiger partial charge in [-0.05, 0) is 6.92 Å². The SMILES string of the molecule is CC(=O)CC(=O)C(=O)C(O)C(O)C(O)C(O)CO. The maximum Gasteiger partial charge on any atom is 0.229 e. The molecule has 5 N–H and O–H groups in total. The molecule has 0 saturated carbocycles. The second-order valence-electron chi connectivity index (χ2n) is 3.84. The molecule has 0 aliphatic carbocycles. The van der Waals surface area contributed by atoms with Crippen molar-refractivity contribution in [2.24, 2.45) is 0 Å². The molecule has 0 fully saturated rings. The van der Waals surface area contributed by atoms with Crippen molar-refractivity contribution in [1.82, 2.24) is 0 Å². The van der Waals surface area contributed by atoms with Crippen molar-refractivity contribution < 1.29 is 39.9 Å². The lowest BCUT2D eigenvalue weighted by Gasteiger charge is -2.24. The summed E-state index contributed by atoms with van der Waals surface area (Å²) in [5.74, 6) is -3.24. The molecular formula is C10H16O8. The third-order valence-corrected chi connectivity index (χ3v) is 2.21. The maximum atomic E-state index is 11.3. The number of hydrogen-bond acceptors (Lipinski definition) is 8. The first kappa shape index (κ1) is 16.8. The fraction of sp³-hybridized carbons (Fsp3) is 0.700. The van der Waals surface area contributed by atoms with Crippen LogP contribution >= 0.6 is 0 Å². The van der Waals surface area contributed by atoms with Gasteiger partial charge in [-0.25, -0.2) is 0 Å². The standard InChI is InChI=1S/C10H16O8/c1-4(12)2-5(13)7(15)9(17)10(18)8(16)6(14)3-11/h6,8-11,14,16-18H,2-3H2,1H3. The van der Waals surface area contributed by atoms with Crippen LogP contribution in [0.4, 0.5) is 0 Å². The van der Waals surface area contributed by atoms with E-state index in [1.54, 1.807) is 0 Å². The Bertz CT molecular complexity index is 326. The zero-order chi connectivity index (χ0) is 14.5. The fourth-order valence-electron chi connectivity index (χ4n) is 1.16. The summed E-state index contributed by atoms with van der Waals surface area (Å²) < 4.78 is 0. The summed E-state index contributed by atoms with van der Waals surface area (Å²) in [4.78, 5) is 33.0. The molecule has 18 heavy (non-hydrogen) atoms. The van der Waals surface area contributed by atoms with E-state index in [1.165, 1.54) is 0 Å². The van der Waals surface area contributed by atoms with Crippen molar-refractivity contribution in [2.75, 3.05) is 6.61 Å². The highest BCUT2D eigenvalue weighted by atomic mass is 16.4. The molecule has 0 rings (SSSR count). The van der Waals surface area contributed by atoms with Crippen molar-refractivity contribution >= 4 is 17.3 Å². The van der Waals surface area contributed by atoms with Gasteiger partial charge in [0, 0.05) is 0 Å². The summed E-state index contributed by atoms with van der Waals surface area (Å²) >= 11 is 0. The van der Waals surface area contributed by atoms with Crippen LogP contribution in [-0.2, 0) is 14.4 Å². The fourth-order valence-corrected chi connectivity index (χ4v) is 1.16. The minimum Gasteiger partial charge on any atom is -0.394 e. The third-order valence-electron chi connectivity index (χ3n) is 2.21. The lowest BCUT2D eigenvalue weighted by atomic mass is 9.97. The first-order valence-corrected chi connectivity index (χ1v) is 5.12. The van der Waals surface area contributed by atoms with Gasteiger partial charge >= 0.3 is 0 Å². The molecule has 4 atom stereocenters. The molecule has 0 aromatic carbocycles. The van der Waals surface area contributed by atoms with Crippen LogP contribution in [-0.4, -0.2) is 73.9 Å². The summed E-state index contributed by atoms with van der Waals surface area (Å²) in [6.45, 7) is 0.166. The van der Waals surface area contributed by atoms with Crippen LogP contribution in [0.2, 0.25) is 0 Å². The van der Waals surface area contributed by atoms with Crippen LogP contribution in [0.3, 0.4) is 0 Å². The molecule has 0 aliphatic heterocycles. The van der Waals surface area contributed by atoms with Gasteiger partial charge in [0.05, 0.1) is 13.0 Å². The average Bonchev–Trinajstić information content (AvgIpc) is 2.33. The van der Waals surface area contributed by atoms with Crippen LogP contribution < -0.4 is 0 Å². The van der Waals surface area contributed by atoms with Gasteiger partial charge < -0.3 is 25.5 Å². The van der Waals surface area contributed by atoms with E-state index in [4.69, 9.17) is 10.2 Å². The number of rotatable bonds is 8. The molecule has 8 heteroatoms. The Balaban J connectivity index is 4.63.